The van der Waals surface area contributed by atoms with E-state index in [0.29, 0.717) is 0 Å². The summed E-state index contributed by atoms with van der Waals surface area (Å²) in [5.74, 6) is 0. The average molecular weight is 861 g/mol. The molecule has 0 aliphatic heterocycles. The second-order valence-corrected chi connectivity index (χ2v) is 16.5. The Morgan fingerprint density at radius 2 is 0.603 bits per heavy atom. The van der Waals surface area contributed by atoms with Gasteiger partial charge in [0.2, 0.25) is 12.7 Å². The summed E-state index contributed by atoms with van der Waals surface area (Å²) in [6.07, 6.45) is 3.85. The molecule has 320 valence electrons. The second-order valence-electron chi connectivity index (χ2n) is 13.8. The van der Waals surface area contributed by atoms with E-state index in [-0.39, 0.29) is 0 Å². The summed E-state index contributed by atoms with van der Waals surface area (Å²) in [6, 6.07) is 17.6. The lowest BCUT2D eigenvalue weighted by molar-refractivity contribution is -0.349. The van der Waals surface area contributed by atoms with Crippen molar-refractivity contribution in [3.63, 3.8) is 0 Å². The van der Waals surface area contributed by atoms with Gasteiger partial charge in [-0.1, -0.05) is 70.8 Å². The quantitative estimate of drug-likeness (QED) is 0.0536. The Hall–Kier alpha value is -4.78. The molecule has 0 unspecified atom stereocenters. The van der Waals surface area contributed by atoms with Crippen LogP contribution in [0.25, 0.3) is 0 Å². The first-order valence-electron chi connectivity index (χ1n) is 17.3. The van der Waals surface area contributed by atoms with Crippen molar-refractivity contribution in [3.05, 3.63) is 115 Å². The molecule has 4 rings (SSSR count). The van der Waals surface area contributed by atoms with Gasteiger partial charge in [0.05, 0.1) is 0 Å². The van der Waals surface area contributed by atoms with Crippen molar-refractivity contribution in [2.75, 3.05) is 10.6 Å². The zero-order valence-corrected chi connectivity index (χ0v) is 35.9. The van der Waals surface area contributed by atoms with E-state index in [1.807, 2.05) is 12.7 Å². The Kier molecular flexibility index (Phi) is 18.3. The van der Waals surface area contributed by atoms with Gasteiger partial charge in [-0.15, -0.1) is 0 Å². The lowest BCUT2D eigenvalue weighted by atomic mass is 10.1. The molecule has 0 aliphatic rings. The van der Waals surface area contributed by atoms with Crippen molar-refractivity contribution >= 4 is 55.7 Å². The van der Waals surface area contributed by atoms with Crippen molar-refractivity contribution in [1.29, 1.82) is 0 Å². The third-order valence-electron chi connectivity index (χ3n) is 8.14. The van der Waals surface area contributed by atoms with E-state index < -0.39 is 31.3 Å². The number of hydrogen-bond donors (Lipinski definition) is 4. The van der Waals surface area contributed by atoms with Gasteiger partial charge < -0.3 is 9.11 Å². The van der Waals surface area contributed by atoms with Gasteiger partial charge in [-0.2, -0.15) is 26.3 Å². The van der Waals surface area contributed by atoms with Crippen molar-refractivity contribution in [3.8, 4) is 0 Å². The van der Waals surface area contributed by atoms with Gasteiger partial charge in [0.15, 0.2) is 20.2 Å². The number of alkyl halides is 6. The summed E-state index contributed by atoms with van der Waals surface area (Å²) in [7, 11) is -12.2. The molecule has 0 heterocycles. The second kappa shape index (κ2) is 20.8. The van der Waals surface area contributed by atoms with Crippen LogP contribution in [0.3, 0.4) is 0 Å². The fourth-order valence-corrected chi connectivity index (χ4v) is 5.99. The molecule has 0 aromatic heterocycles. The minimum Gasteiger partial charge on any atom is -0.741 e. The lowest BCUT2D eigenvalue weighted by Gasteiger charge is -2.08. The van der Waals surface area contributed by atoms with Crippen LogP contribution in [0.5, 0.6) is 0 Å². The van der Waals surface area contributed by atoms with Crippen LogP contribution in [0.15, 0.2) is 48.5 Å². The average Bonchev–Trinajstić information content (AvgIpc) is 3.00. The van der Waals surface area contributed by atoms with Gasteiger partial charge in [0, 0.05) is 0 Å². The molecule has 4 N–H and O–H groups in total. The van der Waals surface area contributed by atoms with E-state index in [0.717, 1.165) is 0 Å². The SMILES string of the molecule is Cc1cc(C)c(NC=[NH+]c2c(C)cc(C)cc2C)c(C)c1.Cc1cc(C)c(NC=[NH+]c2c(C)cc(C)cc2C)c(C)c1.O=S(=O)([O-])C(F)(F)F.O=S(=O)([O-])C(F)(F)F. The van der Waals surface area contributed by atoms with Crippen molar-refractivity contribution < 1.29 is 62.3 Å². The van der Waals surface area contributed by atoms with Crippen LogP contribution in [0.2, 0.25) is 0 Å². The monoisotopic (exact) mass is 860 g/mol. The molecular formula is C40H50F6N4O6S2. The number of hydrogen-bond acceptors (Lipinski definition) is 6. The molecule has 0 radical (unpaired) electrons. The van der Waals surface area contributed by atoms with Gasteiger partial charge in [0.25, 0.3) is 0 Å². The topological polar surface area (TPSA) is 166 Å². The molecule has 0 saturated heterocycles. The van der Waals surface area contributed by atoms with Crippen molar-refractivity contribution in [1.82, 2.24) is 0 Å². The number of anilines is 2. The number of halogens is 6. The first-order valence-corrected chi connectivity index (χ1v) is 20.1. The Morgan fingerprint density at radius 3 is 0.776 bits per heavy atom. The minimum absolute atomic E-state index is 1.18. The molecule has 0 saturated carbocycles. The van der Waals surface area contributed by atoms with Crippen LogP contribution in [-0.4, -0.2) is 49.6 Å². The molecule has 10 nitrogen and oxygen atoms in total. The van der Waals surface area contributed by atoms with E-state index in [1.54, 1.807) is 0 Å². The molecule has 18 heteroatoms. The number of aryl methyl sites for hydroxylation is 12. The van der Waals surface area contributed by atoms with E-state index in [4.69, 9.17) is 25.9 Å². The molecule has 0 atom stereocenters. The Balaban J connectivity index is 0.000000426. The third-order valence-corrected chi connectivity index (χ3v) is 9.27. The third kappa shape index (κ3) is 16.2. The summed E-state index contributed by atoms with van der Waals surface area (Å²) in [5.41, 5.74) is 8.75. The molecule has 0 aliphatic carbocycles. The lowest BCUT2D eigenvalue weighted by Crippen LogP contribution is -2.64. The summed E-state index contributed by atoms with van der Waals surface area (Å²) in [6.45, 7) is 25.6. The molecule has 4 aromatic carbocycles. The maximum absolute atomic E-state index is 10.7. The molecule has 4 aromatic rings. The smallest absolute Gasteiger partial charge is 0.485 e. The highest BCUT2D eigenvalue weighted by atomic mass is 32.2. The van der Waals surface area contributed by atoms with E-state index in [2.05, 4.69) is 152 Å². The van der Waals surface area contributed by atoms with E-state index >= 15 is 0 Å². The molecule has 58 heavy (non-hydrogen) atoms. The normalized spacial score (nSPS) is 11.9. The van der Waals surface area contributed by atoms with Crippen LogP contribution in [0, 0.1) is 83.1 Å². The van der Waals surface area contributed by atoms with Crippen LogP contribution in [0.1, 0.15) is 66.8 Å². The molecule has 0 amide bonds. The standard InChI is InChI=1S/2C19H24N2.2CHF3O3S/c2*1-12-7-14(3)18(15(4)8-12)20-11-21-19-16(5)9-13(2)10-17(19)6;2*2-1(3,4)8(5,6)7/h2*7-11H,1-6H3,(H,20,21);2*(H,5,6,7). The zero-order chi connectivity index (χ0) is 45.1. The highest BCUT2D eigenvalue weighted by Gasteiger charge is 2.37. The summed E-state index contributed by atoms with van der Waals surface area (Å²) >= 11 is 0. The fraction of sp³-hybridized carbons (Fsp3) is 0.350. The zero-order valence-electron chi connectivity index (χ0n) is 34.3. The summed E-state index contributed by atoms with van der Waals surface area (Å²) in [4.78, 5) is 6.78. The van der Waals surface area contributed by atoms with Crippen LogP contribution < -0.4 is 20.6 Å². The highest BCUT2D eigenvalue weighted by Crippen LogP contribution is 2.24. The molecule has 0 spiro atoms. The molecular weight excluding hydrogens is 811 g/mol. The largest absolute Gasteiger partial charge is 0.741 e. The number of nitrogens with one attached hydrogen (secondary N) is 4. The van der Waals surface area contributed by atoms with Crippen LogP contribution in [0.4, 0.5) is 49.1 Å². The van der Waals surface area contributed by atoms with Crippen LogP contribution in [-0.2, 0) is 20.2 Å². The van der Waals surface area contributed by atoms with E-state index in [1.165, 1.54) is 89.5 Å². The predicted octanol–water partition coefficient (Wildman–Crippen LogP) is 6.88. The van der Waals surface area contributed by atoms with Gasteiger partial charge in [-0.3, -0.25) is 0 Å². The van der Waals surface area contributed by atoms with E-state index in [9.17, 15) is 26.3 Å². The van der Waals surface area contributed by atoms with Crippen molar-refractivity contribution in [2.24, 2.45) is 0 Å². The highest BCUT2D eigenvalue weighted by molar-refractivity contribution is 7.86. The fourth-order valence-electron chi connectivity index (χ4n) is 5.99. The Bertz CT molecular complexity index is 2100. The number of benzene rings is 4. The molecule has 0 bridgehead atoms. The Labute approximate surface area is 337 Å². The van der Waals surface area contributed by atoms with Gasteiger partial charge in [-0.05, 0) is 128 Å². The first kappa shape index (κ1) is 51.2. The van der Waals surface area contributed by atoms with Gasteiger partial charge in [0.1, 0.15) is 22.7 Å². The summed E-state index contributed by atoms with van der Waals surface area (Å²) in [5, 5.41) is 6.78. The maximum atomic E-state index is 10.7. The van der Waals surface area contributed by atoms with Gasteiger partial charge in [-0.25, -0.2) is 37.5 Å². The Morgan fingerprint density at radius 1 is 0.431 bits per heavy atom. The van der Waals surface area contributed by atoms with Crippen LogP contribution >= 0.6 is 0 Å². The maximum Gasteiger partial charge on any atom is 0.485 e. The van der Waals surface area contributed by atoms with Crippen molar-refractivity contribution in [2.45, 2.75) is 94.1 Å². The molecule has 0 fully saturated rings. The predicted molar refractivity (Wildman–Crippen MR) is 215 cm³/mol. The summed E-state index contributed by atoms with van der Waals surface area (Å²) < 4.78 is 118. The van der Waals surface area contributed by atoms with Gasteiger partial charge >= 0.3 is 11.0 Å². The minimum atomic E-state index is -6.09. The first-order chi connectivity index (χ1) is 26.3. The number of rotatable bonds is 6.